The van der Waals surface area contributed by atoms with Gasteiger partial charge in [0.05, 0.1) is 24.2 Å². The lowest BCUT2D eigenvalue weighted by Crippen LogP contribution is -2.37. The molecule has 1 aliphatic heterocycles. The molecule has 2 aliphatic rings. The number of nitrogens with zero attached hydrogens (tertiary/aromatic N) is 3. The first-order valence-electron chi connectivity index (χ1n) is 8.27. The van der Waals surface area contributed by atoms with Gasteiger partial charge in [-0.25, -0.2) is 4.98 Å². The monoisotopic (exact) mass is 319 g/mol. The molecule has 0 radical (unpaired) electrons. The molecule has 1 aliphatic carbocycles. The number of rotatable bonds is 5. The summed E-state index contributed by atoms with van der Waals surface area (Å²) in [5.74, 6) is 1.92. The average molecular weight is 320 g/mol. The number of imidazole rings is 1. The van der Waals surface area contributed by atoms with Crippen molar-refractivity contribution in [3.8, 4) is 0 Å². The van der Waals surface area contributed by atoms with Gasteiger partial charge in [-0.1, -0.05) is 11.6 Å². The van der Waals surface area contributed by atoms with Crippen LogP contribution in [0.4, 0.5) is 0 Å². The molecule has 4 nitrogen and oxygen atoms in total. The Morgan fingerprint density at radius 2 is 2.00 bits per heavy atom. The van der Waals surface area contributed by atoms with Crippen LogP contribution in [-0.2, 0) is 11.3 Å². The minimum absolute atomic E-state index is 0.662. The fourth-order valence-electron chi connectivity index (χ4n) is 3.28. The van der Waals surface area contributed by atoms with Crippen LogP contribution in [-0.4, -0.2) is 47.3 Å². The second-order valence-corrected chi connectivity index (χ2v) is 6.77. The van der Waals surface area contributed by atoms with Crippen molar-refractivity contribution in [1.82, 2.24) is 14.5 Å². The van der Waals surface area contributed by atoms with Crippen LogP contribution in [0.15, 0.2) is 18.2 Å². The summed E-state index contributed by atoms with van der Waals surface area (Å²) in [5, 5.41) is 0.796. The van der Waals surface area contributed by atoms with E-state index < -0.39 is 0 Å². The Hall–Kier alpha value is -1.10. The van der Waals surface area contributed by atoms with Gasteiger partial charge >= 0.3 is 0 Å². The number of halogens is 1. The van der Waals surface area contributed by atoms with Crippen molar-refractivity contribution >= 4 is 22.6 Å². The van der Waals surface area contributed by atoms with Crippen molar-refractivity contribution in [3.63, 3.8) is 0 Å². The Kier molecular flexibility index (Phi) is 4.07. The lowest BCUT2D eigenvalue weighted by Gasteiger charge is -2.26. The third-order valence-electron chi connectivity index (χ3n) is 4.64. The number of hydrogen-bond donors (Lipinski definition) is 0. The number of fused-ring (bicyclic) bond motifs is 1. The smallest absolute Gasteiger partial charge is 0.112 e. The summed E-state index contributed by atoms with van der Waals surface area (Å²) >= 11 is 6.19. The zero-order valence-corrected chi connectivity index (χ0v) is 13.6. The van der Waals surface area contributed by atoms with E-state index in [2.05, 4.69) is 15.5 Å². The van der Waals surface area contributed by atoms with Gasteiger partial charge in [-0.15, -0.1) is 0 Å². The normalized spacial score (nSPS) is 19.9. The van der Waals surface area contributed by atoms with Gasteiger partial charge in [0.1, 0.15) is 5.82 Å². The number of benzene rings is 1. The summed E-state index contributed by atoms with van der Waals surface area (Å²) in [7, 11) is 0. The molecule has 118 valence electrons. The maximum Gasteiger partial charge on any atom is 0.112 e. The van der Waals surface area contributed by atoms with E-state index in [1.54, 1.807) is 0 Å². The fourth-order valence-corrected chi connectivity index (χ4v) is 3.45. The molecule has 1 aromatic heterocycles. The lowest BCUT2D eigenvalue weighted by atomic mass is 10.3. The molecule has 0 amide bonds. The first-order chi connectivity index (χ1) is 10.8. The summed E-state index contributed by atoms with van der Waals surface area (Å²) in [5.41, 5.74) is 2.27. The van der Waals surface area contributed by atoms with Gasteiger partial charge in [-0.3, -0.25) is 4.90 Å². The molecule has 2 aromatic rings. The van der Waals surface area contributed by atoms with Crippen LogP contribution in [0.1, 0.15) is 31.0 Å². The molecular weight excluding hydrogens is 298 g/mol. The van der Waals surface area contributed by atoms with Crippen molar-refractivity contribution in [2.24, 2.45) is 0 Å². The second-order valence-electron chi connectivity index (χ2n) is 6.34. The van der Waals surface area contributed by atoms with Gasteiger partial charge in [0.25, 0.3) is 0 Å². The summed E-state index contributed by atoms with van der Waals surface area (Å²) in [4.78, 5) is 7.34. The minimum Gasteiger partial charge on any atom is -0.379 e. The van der Waals surface area contributed by atoms with E-state index in [4.69, 9.17) is 21.3 Å². The molecular formula is C17H22ClN3O. The highest BCUT2D eigenvalue weighted by Gasteiger charge is 2.29. The number of aromatic nitrogens is 2. The summed E-state index contributed by atoms with van der Waals surface area (Å²) in [6, 6.07) is 6.04. The molecule has 0 unspecified atom stereocenters. The number of aryl methyl sites for hydroxylation is 1. The molecule has 1 saturated carbocycles. The number of hydrogen-bond acceptors (Lipinski definition) is 3. The highest BCUT2D eigenvalue weighted by molar-refractivity contribution is 6.31. The maximum atomic E-state index is 6.19. The van der Waals surface area contributed by atoms with Crippen LogP contribution < -0.4 is 0 Å². The Morgan fingerprint density at radius 1 is 1.18 bits per heavy atom. The zero-order valence-electron chi connectivity index (χ0n) is 12.8. The van der Waals surface area contributed by atoms with Crippen LogP contribution in [0.25, 0.3) is 11.0 Å². The van der Waals surface area contributed by atoms with Crippen molar-refractivity contribution < 1.29 is 4.74 Å². The summed E-state index contributed by atoms with van der Waals surface area (Å²) in [6.45, 7) is 6.03. The predicted molar refractivity (Wildman–Crippen MR) is 88.6 cm³/mol. The Bertz CT molecular complexity index is 659. The summed E-state index contributed by atoms with van der Waals surface area (Å²) < 4.78 is 7.81. The molecule has 1 aromatic carbocycles. The lowest BCUT2D eigenvalue weighted by molar-refractivity contribution is 0.0369. The van der Waals surface area contributed by atoms with Crippen molar-refractivity contribution in [2.45, 2.75) is 31.7 Å². The van der Waals surface area contributed by atoms with Gasteiger partial charge < -0.3 is 9.30 Å². The molecule has 0 atom stereocenters. The third kappa shape index (κ3) is 3.00. The second kappa shape index (κ2) is 6.19. The topological polar surface area (TPSA) is 30.3 Å². The van der Waals surface area contributed by atoms with E-state index in [1.165, 1.54) is 24.2 Å². The average Bonchev–Trinajstić information content (AvgIpc) is 3.32. The van der Waals surface area contributed by atoms with E-state index in [0.29, 0.717) is 5.92 Å². The van der Waals surface area contributed by atoms with E-state index in [0.717, 1.165) is 56.4 Å². The Balaban J connectivity index is 1.51. The molecule has 0 N–H and O–H groups in total. The fraction of sp³-hybridized carbons (Fsp3) is 0.588. The maximum absolute atomic E-state index is 6.19. The third-order valence-corrected chi connectivity index (χ3v) is 4.88. The van der Waals surface area contributed by atoms with Crippen molar-refractivity contribution in [3.05, 3.63) is 29.0 Å². The largest absolute Gasteiger partial charge is 0.379 e. The van der Waals surface area contributed by atoms with Gasteiger partial charge in [-0.05, 0) is 37.5 Å². The molecule has 0 bridgehead atoms. The van der Waals surface area contributed by atoms with E-state index in [1.807, 2.05) is 12.1 Å². The van der Waals surface area contributed by atoms with Gasteiger partial charge in [-0.2, -0.15) is 0 Å². The van der Waals surface area contributed by atoms with Crippen molar-refractivity contribution in [1.29, 1.82) is 0 Å². The van der Waals surface area contributed by atoms with Crippen LogP contribution in [0.5, 0.6) is 0 Å². The van der Waals surface area contributed by atoms with Gasteiger partial charge in [0.15, 0.2) is 0 Å². The Labute approximate surface area is 136 Å². The van der Waals surface area contributed by atoms with Crippen LogP contribution in [0.3, 0.4) is 0 Å². The van der Waals surface area contributed by atoms with Gasteiger partial charge in [0.2, 0.25) is 0 Å². The van der Waals surface area contributed by atoms with Gasteiger partial charge in [0, 0.05) is 37.1 Å². The van der Waals surface area contributed by atoms with E-state index in [-0.39, 0.29) is 0 Å². The molecule has 5 heteroatoms. The van der Waals surface area contributed by atoms with Crippen LogP contribution in [0.2, 0.25) is 5.02 Å². The molecule has 4 rings (SSSR count). The van der Waals surface area contributed by atoms with E-state index >= 15 is 0 Å². The zero-order chi connectivity index (χ0) is 14.9. The molecule has 22 heavy (non-hydrogen) atoms. The highest BCUT2D eigenvalue weighted by Crippen LogP contribution is 2.41. The van der Waals surface area contributed by atoms with Crippen molar-refractivity contribution in [2.75, 3.05) is 32.8 Å². The molecule has 2 fully saturated rings. The predicted octanol–water partition coefficient (Wildman–Crippen LogP) is 3.29. The first kappa shape index (κ1) is 14.5. The van der Waals surface area contributed by atoms with Crippen LogP contribution >= 0.6 is 11.6 Å². The molecule has 0 spiro atoms. The molecule has 1 saturated heterocycles. The number of morpholine rings is 1. The quantitative estimate of drug-likeness (QED) is 0.847. The van der Waals surface area contributed by atoms with Crippen LogP contribution in [0, 0.1) is 0 Å². The SMILES string of the molecule is Clc1ccc2nc(C3CC3)n(CCCN3CCOCC3)c2c1. The molecule has 2 heterocycles. The summed E-state index contributed by atoms with van der Waals surface area (Å²) in [6.07, 6.45) is 3.71. The minimum atomic E-state index is 0.662. The van der Waals surface area contributed by atoms with E-state index in [9.17, 15) is 0 Å². The number of ether oxygens (including phenoxy) is 1. The first-order valence-corrected chi connectivity index (χ1v) is 8.65. The standard InChI is InChI=1S/C17H22ClN3O/c18-14-4-5-15-16(12-14)21(17(19-15)13-2-3-13)7-1-6-20-8-10-22-11-9-20/h4-5,12-13H,1-3,6-11H2. The highest BCUT2D eigenvalue weighted by atomic mass is 35.5. The Morgan fingerprint density at radius 3 is 2.77 bits per heavy atom.